The second-order valence-electron chi connectivity index (χ2n) is 8.23. The molecule has 8 nitrogen and oxygen atoms in total. The zero-order chi connectivity index (χ0) is 26.3. The van der Waals surface area contributed by atoms with Gasteiger partial charge in [-0.2, -0.15) is 0 Å². The van der Waals surface area contributed by atoms with E-state index in [1.165, 1.54) is 12.0 Å². The van der Waals surface area contributed by atoms with Crippen LogP contribution in [0.25, 0.3) is 0 Å². The van der Waals surface area contributed by atoms with Gasteiger partial charge in [0.25, 0.3) is 0 Å². The number of nitrogens with zero attached hydrogens (tertiary/aromatic N) is 2. The van der Waals surface area contributed by atoms with Crippen molar-refractivity contribution in [1.82, 2.24) is 10.2 Å². The molecule has 11 heteroatoms. The van der Waals surface area contributed by atoms with Crippen LogP contribution in [0.4, 0.5) is 14.5 Å². The number of rotatable bonds is 11. The summed E-state index contributed by atoms with van der Waals surface area (Å²) in [4.78, 5) is 27.5. The normalized spacial score (nSPS) is 13.0. The summed E-state index contributed by atoms with van der Waals surface area (Å²) in [7, 11) is -2.53. The Balaban J connectivity index is 2.40. The summed E-state index contributed by atoms with van der Waals surface area (Å²) in [5.41, 5.74) is 0.474. The van der Waals surface area contributed by atoms with Crippen LogP contribution < -0.4 is 14.4 Å². The summed E-state index contributed by atoms with van der Waals surface area (Å²) in [5, 5.41) is 2.82. The van der Waals surface area contributed by atoms with Crippen molar-refractivity contribution in [3.63, 3.8) is 0 Å². The highest BCUT2D eigenvalue weighted by Gasteiger charge is 2.30. The van der Waals surface area contributed by atoms with E-state index in [0.717, 1.165) is 18.4 Å². The largest absolute Gasteiger partial charge is 0.497 e. The molecule has 0 heterocycles. The third kappa shape index (κ3) is 7.64. The van der Waals surface area contributed by atoms with E-state index in [0.29, 0.717) is 28.1 Å². The molecule has 2 unspecified atom stereocenters. The molecule has 35 heavy (non-hydrogen) atoms. The van der Waals surface area contributed by atoms with E-state index in [4.69, 9.17) is 4.74 Å². The van der Waals surface area contributed by atoms with E-state index in [9.17, 15) is 26.8 Å². The quantitative estimate of drug-likeness (QED) is 0.500. The van der Waals surface area contributed by atoms with Crippen molar-refractivity contribution in [2.24, 2.45) is 0 Å². The van der Waals surface area contributed by atoms with E-state index in [1.54, 1.807) is 31.2 Å². The lowest BCUT2D eigenvalue weighted by Crippen LogP contribution is -2.52. The fraction of sp³-hybridized carbons (Fsp3) is 0.417. The first-order valence-electron chi connectivity index (χ1n) is 11.0. The van der Waals surface area contributed by atoms with E-state index < -0.39 is 46.1 Å². The molecule has 1 N–H and O–H groups in total. The Labute approximate surface area is 204 Å². The van der Waals surface area contributed by atoms with Gasteiger partial charge in [0, 0.05) is 18.7 Å². The van der Waals surface area contributed by atoms with Crippen molar-refractivity contribution in [1.29, 1.82) is 0 Å². The number of nitrogens with one attached hydrogen (secondary N) is 1. The first-order valence-corrected chi connectivity index (χ1v) is 12.9. The summed E-state index contributed by atoms with van der Waals surface area (Å²) in [6.07, 6.45) is 1.54. The van der Waals surface area contributed by atoms with E-state index in [2.05, 4.69) is 5.32 Å². The summed E-state index contributed by atoms with van der Waals surface area (Å²) < 4.78 is 57.9. The number of carbonyl (C=O) groups is 2. The van der Waals surface area contributed by atoms with Crippen LogP contribution >= 0.6 is 0 Å². The Kier molecular flexibility index (Phi) is 9.58. The molecular weight excluding hydrogens is 480 g/mol. The van der Waals surface area contributed by atoms with Crippen molar-refractivity contribution in [2.75, 3.05) is 24.2 Å². The number of sulfonamides is 1. The second-order valence-corrected chi connectivity index (χ2v) is 10.1. The molecule has 0 saturated heterocycles. The van der Waals surface area contributed by atoms with Gasteiger partial charge in [0.1, 0.15) is 18.3 Å². The highest BCUT2D eigenvalue weighted by molar-refractivity contribution is 7.92. The predicted octanol–water partition coefficient (Wildman–Crippen LogP) is 3.07. The molecule has 0 saturated carbocycles. The van der Waals surface area contributed by atoms with E-state index in [1.807, 2.05) is 13.8 Å². The van der Waals surface area contributed by atoms with Crippen LogP contribution in [0.1, 0.15) is 32.8 Å². The fourth-order valence-corrected chi connectivity index (χ4v) is 4.07. The minimum Gasteiger partial charge on any atom is -0.497 e. The lowest BCUT2D eigenvalue weighted by molar-refractivity contribution is -0.139. The van der Waals surface area contributed by atoms with Gasteiger partial charge in [-0.05, 0) is 50.1 Å². The lowest BCUT2D eigenvalue weighted by Gasteiger charge is -2.32. The maximum absolute atomic E-state index is 13.8. The predicted molar refractivity (Wildman–Crippen MR) is 129 cm³/mol. The summed E-state index contributed by atoms with van der Waals surface area (Å²) in [6.45, 7) is 4.58. The number of hydrogen-bond donors (Lipinski definition) is 1. The fourth-order valence-electron chi connectivity index (χ4n) is 3.23. The number of hydrogen-bond acceptors (Lipinski definition) is 5. The minimum atomic E-state index is -4.05. The van der Waals surface area contributed by atoms with Crippen LogP contribution in [0.3, 0.4) is 0 Å². The molecule has 0 aliphatic rings. The molecule has 0 fully saturated rings. The molecule has 0 aliphatic carbocycles. The number of ether oxygens (including phenoxy) is 1. The van der Waals surface area contributed by atoms with Crippen molar-refractivity contribution < 1.29 is 31.5 Å². The topological polar surface area (TPSA) is 96.0 Å². The van der Waals surface area contributed by atoms with Gasteiger partial charge in [0.2, 0.25) is 21.8 Å². The Morgan fingerprint density at radius 3 is 2.20 bits per heavy atom. The van der Waals surface area contributed by atoms with Crippen LogP contribution in [0.5, 0.6) is 5.75 Å². The minimum absolute atomic E-state index is 0.00724. The molecule has 2 amide bonds. The molecular formula is C24H31F2N3O5S. The highest BCUT2D eigenvalue weighted by atomic mass is 32.2. The molecule has 0 radical (unpaired) electrons. The highest BCUT2D eigenvalue weighted by Crippen LogP contribution is 2.22. The van der Waals surface area contributed by atoms with Gasteiger partial charge < -0.3 is 15.0 Å². The Morgan fingerprint density at radius 1 is 1.06 bits per heavy atom. The molecule has 0 bridgehead atoms. The molecule has 0 spiro atoms. The maximum Gasteiger partial charge on any atom is 0.244 e. The van der Waals surface area contributed by atoms with E-state index in [-0.39, 0.29) is 18.3 Å². The molecule has 2 rings (SSSR count). The Hall–Kier alpha value is -3.21. The SMILES string of the molecule is CCC(C)NC(=O)C(C)N(Cc1ccc(OC)cc1)C(=O)CN(c1ccc(F)c(F)c1)S(C)(=O)=O. The summed E-state index contributed by atoms with van der Waals surface area (Å²) >= 11 is 0. The van der Waals surface area contributed by atoms with Crippen molar-refractivity contribution in [3.05, 3.63) is 59.7 Å². The smallest absolute Gasteiger partial charge is 0.244 e. The number of benzene rings is 2. The molecule has 2 aromatic rings. The molecule has 2 aromatic carbocycles. The monoisotopic (exact) mass is 511 g/mol. The molecule has 0 aliphatic heterocycles. The molecule has 0 aromatic heterocycles. The van der Waals surface area contributed by atoms with Crippen molar-refractivity contribution in [3.8, 4) is 5.75 Å². The van der Waals surface area contributed by atoms with Gasteiger partial charge in [0.05, 0.1) is 19.1 Å². The third-order valence-corrected chi connectivity index (χ3v) is 6.69. The van der Waals surface area contributed by atoms with Gasteiger partial charge in [-0.1, -0.05) is 19.1 Å². The number of amides is 2. The standard InChI is InChI=1S/C24H31F2N3O5S/c1-6-16(2)27-24(31)17(3)28(14-18-7-10-20(34-4)11-8-18)23(30)15-29(35(5,32)33)19-9-12-21(25)22(26)13-19/h7-13,16-17H,6,14-15H2,1-5H3,(H,27,31). The number of halogens is 2. The van der Waals surface area contributed by atoms with E-state index >= 15 is 0 Å². The Bertz CT molecular complexity index is 1140. The number of carbonyl (C=O) groups excluding carboxylic acids is 2. The zero-order valence-corrected chi connectivity index (χ0v) is 21.2. The first kappa shape index (κ1) is 28.0. The van der Waals surface area contributed by atoms with Gasteiger partial charge in [-0.3, -0.25) is 13.9 Å². The van der Waals surface area contributed by atoms with Gasteiger partial charge in [0.15, 0.2) is 11.6 Å². The zero-order valence-electron chi connectivity index (χ0n) is 20.4. The molecule has 192 valence electrons. The maximum atomic E-state index is 13.8. The average molecular weight is 512 g/mol. The number of methoxy groups -OCH3 is 1. The summed E-state index contributed by atoms with van der Waals surface area (Å²) in [5.74, 6) is -2.89. The average Bonchev–Trinajstić information content (AvgIpc) is 2.81. The molecule has 2 atom stereocenters. The van der Waals surface area contributed by atoms with Crippen molar-refractivity contribution >= 4 is 27.5 Å². The van der Waals surface area contributed by atoms with Crippen LogP contribution in [-0.4, -0.2) is 57.1 Å². The van der Waals surface area contributed by atoms with Gasteiger partial charge in [-0.25, -0.2) is 17.2 Å². The van der Waals surface area contributed by atoms with Crippen LogP contribution in [0.15, 0.2) is 42.5 Å². The number of anilines is 1. The van der Waals surface area contributed by atoms with Crippen LogP contribution in [-0.2, 0) is 26.2 Å². The third-order valence-electron chi connectivity index (χ3n) is 5.55. The van der Waals surface area contributed by atoms with Crippen LogP contribution in [0, 0.1) is 11.6 Å². The van der Waals surface area contributed by atoms with Gasteiger partial charge in [-0.15, -0.1) is 0 Å². The lowest BCUT2D eigenvalue weighted by atomic mass is 10.1. The second kappa shape index (κ2) is 12.0. The Morgan fingerprint density at radius 2 is 1.69 bits per heavy atom. The first-order chi connectivity index (χ1) is 16.4. The van der Waals surface area contributed by atoms with Gasteiger partial charge >= 0.3 is 0 Å². The van der Waals surface area contributed by atoms with Crippen molar-refractivity contribution in [2.45, 2.75) is 45.8 Å². The summed E-state index contributed by atoms with van der Waals surface area (Å²) in [6, 6.07) is 8.34. The van der Waals surface area contributed by atoms with Crippen LogP contribution in [0.2, 0.25) is 0 Å².